The van der Waals surface area contributed by atoms with Gasteiger partial charge in [-0.2, -0.15) is 5.10 Å². The van der Waals surface area contributed by atoms with Crippen LogP contribution in [0.15, 0.2) is 5.10 Å². The van der Waals surface area contributed by atoms with Crippen LogP contribution in [0.5, 0.6) is 0 Å². The van der Waals surface area contributed by atoms with Gasteiger partial charge >= 0.3 is 6.09 Å². The van der Waals surface area contributed by atoms with Crippen LogP contribution >= 0.6 is 0 Å². The Morgan fingerprint density at radius 3 is 2.71 bits per heavy atom. The highest BCUT2D eigenvalue weighted by Gasteiger charge is 2.16. The third-order valence-electron chi connectivity index (χ3n) is 2.49. The van der Waals surface area contributed by atoms with Gasteiger partial charge in [0.1, 0.15) is 5.60 Å². The van der Waals surface area contributed by atoms with E-state index in [1.165, 1.54) is 0 Å². The molecule has 5 heteroatoms. The summed E-state index contributed by atoms with van der Waals surface area (Å²) in [5, 5.41) is 4.13. The molecule has 0 bridgehead atoms. The summed E-state index contributed by atoms with van der Waals surface area (Å²) in [6, 6.07) is 0. The van der Waals surface area contributed by atoms with E-state index in [2.05, 4.69) is 22.5 Å². The lowest BCUT2D eigenvalue weighted by atomic mass is 10.2. The second kappa shape index (κ2) is 6.00. The Hall–Kier alpha value is -1.10. The minimum Gasteiger partial charge on any atom is -0.443 e. The van der Waals surface area contributed by atoms with Crippen LogP contribution in [-0.4, -0.2) is 42.4 Å². The molecule has 1 rings (SSSR count). The van der Waals surface area contributed by atoms with Crippen LogP contribution in [0.4, 0.5) is 4.79 Å². The normalized spacial score (nSPS) is 21.1. The predicted octanol–water partition coefficient (Wildman–Crippen LogP) is 1.98. The average Bonchev–Trinajstić information content (AvgIpc) is 2.37. The largest absolute Gasteiger partial charge is 0.443 e. The Kier molecular flexibility index (Phi) is 4.93. The Bertz CT molecular complexity index is 295. The first kappa shape index (κ1) is 14.0. The second-order valence-corrected chi connectivity index (χ2v) is 5.45. The number of nitrogens with zero attached hydrogens (tertiary/aromatic N) is 2. The van der Waals surface area contributed by atoms with Gasteiger partial charge in [-0.3, -0.25) is 0 Å². The summed E-state index contributed by atoms with van der Waals surface area (Å²) >= 11 is 0. The highest BCUT2D eigenvalue weighted by atomic mass is 16.6. The number of hydrazone groups is 1. The fourth-order valence-corrected chi connectivity index (χ4v) is 1.65. The van der Waals surface area contributed by atoms with E-state index in [0.717, 1.165) is 38.1 Å². The molecule has 0 unspecified atom stereocenters. The Balaban J connectivity index is 2.39. The van der Waals surface area contributed by atoms with Crippen molar-refractivity contribution in [2.24, 2.45) is 5.10 Å². The summed E-state index contributed by atoms with van der Waals surface area (Å²) in [6.45, 7) is 7.58. The molecule has 0 aliphatic carbocycles. The van der Waals surface area contributed by atoms with Gasteiger partial charge in [0.15, 0.2) is 0 Å². The lowest BCUT2D eigenvalue weighted by Gasteiger charge is -2.18. The van der Waals surface area contributed by atoms with Crippen LogP contribution in [0.2, 0.25) is 0 Å². The zero-order chi connectivity index (χ0) is 12.9. The molecule has 0 saturated carbocycles. The highest BCUT2D eigenvalue weighted by molar-refractivity contribution is 5.85. The molecule has 1 amide bonds. The van der Waals surface area contributed by atoms with Crippen LogP contribution in [0.25, 0.3) is 0 Å². The molecule has 0 aromatic heterocycles. The van der Waals surface area contributed by atoms with Crippen molar-refractivity contribution < 1.29 is 9.53 Å². The van der Waals surface area contributed by atoms with Crippen molar-refractivity contribution in [2.45, 2.75) is 45.6 Å². The van der Waals surface area contributed by atoms with E-state index in [4.69, 9.17) is 4.74 Å². The summed E-state index contributed by atoms with van der Waals surface area (Å²) < 4.78 is 5.11. The number of carbonyl (C=O) groups is 1. The molecule has 98 valence electrons. The van der Waals surface area contributed by atoms with E-state index in [1.807, 2.05) is 20.8 Å². The van der Waals surface area contributed by atoms with E-state index < -0.39 is 11.7 Å². The molecule has 0 spiro atoms. The minimum absolute atomic E-state index is 0.478. The number of nitrogens with one attached hydrogen (secondary N) is 1. The molecule has 0 aromatic rings. The maximum atomic E-state index is 11.4. The van der Waals surface area contributed by atoms with Crippen LogP contribution in [0.1, 0.15) is 40.0 Å². The first-order chi connectivity index (χ1) is 7.87. The van der Waals surface area contributed by atoms with E-state index in [-0.39, 0.29) is 0 Å². The molecule has 1 N–H and O–H groups in total. The van der Waals surface area contributed by atoms with Crippen LogP contribution in [0.3, 0.4) is 0 Å². The summed E-state index contributed by atoms with van der Waals surface area (Å²) in [4.78, 5) is 13.7. The van der Waals surface area contributed by atoms with Crippen molar-refractivity contribution >= 4 is 11.8 Å². The van der Waals surface area contributed by atoms with Gasteiger partial charge in [0.2, 0.25) is 0 Å². The molecule has 17 heavy (non-hydrogen) atoms. The van der Waals surface area contributed by atoms with Crippen LogP contribution in [0, 0.1) is 0 Å². The topological polar surface area (TPSA) is 53.9 Å². The van der Waals surface area contributed by atoms with Gasteiger partial charge in [-0.15, -0.1) is 0 Å². The Morgan fingerprint density at radius 1 is 1.35 bits per heavy atom. The minimum atomic E-state index is -0.484. The quantitative estimate of drug-likeness (QED) is 0.714. The maximum Gasteiger partial charge on any atom is 0.428 e. The average molecular weight is 241 g/mol. The monoisotopic (exact) mass is 241 g/mol. The van der Waals surface area contributed by atoms with Crippen molar-refractivity contribution in [1.29, 1.82) is 0 Å². The third kappa shape index (κ3) is 6.26. The standard InChI is InChI=1S/C12H23N3O2/c1-12(2,3)17-11(16)14-13-10-6-5-8-15(4)9-7-10/h5-9H2,1-4H3,(H,14,16). The molecule has 1 fully saturated rings. The lowest BCUT2D eigenvalue weighted by Crippen LogP contribution is -2.30. The van der Waals surface area contributed by atoms with Gasteiger partial charge < -0.3 is 9.64 Å². The molecule has 0 atom stereocenters. The van der Waals surface area contributed by atoms with E-state index in [0.29, 0.717) is 0 Å². The molecule has 1 aliphatic rings. The van der Waals surface area contributed by atoms with Crippen LogP contribution in [-0.2, 0) is 4.74 Å². The zero-order valence-electron chi connectivity index (χ0n) is 11.2. The molecule has 0 aromatic carbocycles. The number of rotatable bonds is 1. The summed E-state index contributed by atoms with van der Waals surface area (Å²) in [5.41, 5.74) is 3.02. The van der Waals surface area contributed by atoms with Gasteiger partial charge in [-0.1, -0.05) is 0 Å². The lowest BCUT2D eigenvalue weighted by molar-refractivity contribution is 0.0529. The number of ether oxygens (including phenoxy) is 1. The van der Waals surface area contributed by atoms with Gasteiger partial charge in [-0.25, -0.2) is 10.2 Å². The van der Waals surface area contributed by atoms with Gasteiger partial charge in [0.25, 0.3) is 0 Å². The molecule has 1 aliphatic heterocycles. The number of hydrogen-bond donors (Lipinski definition) is 1. The smallest absolute Gasteiger partial charge is 0.428 e. The Morgan fingerprint density at radius 2 is 2.06 bits per heavy atom. The zero-order valence-corrected chi connectivity index (χ0v) is 11.2. The Labute approximate surface area is 103 Å². The molecule has 5 nitrogen and oxygen atoms in total. The number of carbonyl (C=O) groups excluding carboxylic acids is 1. The maximum absolute atomic E-state index is 11.4. The summed E-state index contributed by atoms with van der Waals surface area (Å²) in [6.07, 6.45) is 2.46. The predicted molar refractivity (Wildman–Crippen MR) is 68.2 cm³/mol. The molecule has 1 heterocycles. The van der Waals surface area contributed by atoms with Crippen molar-refractivity contribution in [2.75, 3.05) is 20.1 Å². The second-order valence-electron chi connectivity index (χ2n) is 5.45. The van der Waals surface area contributed by atoms with Crippen molar-refractivity contribution in [3.63, 3.8) is 0 Å². The first-order valence-electron chi connectivity index (χ1n) is 6.10. The van der Waals surface area contributed by atoms with E-state index in [9.17, 15) is 4.79 Å². The van der Waals surface area contributed by atoms with E-state index >= 15 is 0 Å². The van der Waals surface area contributed by atoms with Crippen molar-refractivity contribution in [3.05, 3.63) is 0 Å². The third-order valence-corrected chi connectivity index (χ3v) is 2.49. The summed E-state index contributed by atoms with van der Waals surface area (Å²) in [7, 11) is 2.10. The fraction of sp³-hybridized carbons (Fsp3) is 0.833. The first-order valence-corrected chi connectivity index (χ1v) is 6.10. The molecular formula is C12H23N3O2. The SMILES string of the molecule is CN1CCCC(=NNC(=O)OC(C)(C)C)CC1. The molecule has 1 saturated heterocycles. The number of amides is 1. The molecule has 0 radical (unpaired) electrons. The summed E-state index contributed by atoms with van der Waals surface area (Å²) in [5.74, 6) is 0. The van der Waals surface area contributed by atoms with Crippen molar-refractivity contribution in [1.82, 2.24) is 10.3 Å². The van der Waals surface area contributed by atoms with Gasteiger partial charge in [0.05, 0.1) is 0 Å². The number of likely N-dealkylation sites (tertiary alicyclic amines) is 1. The van der Waals surface area contributed by atoms with Crippen LogP contribution < -0.4 is 5.43 Å². The van der Waals surface area contributed by atoms with Crippen molar-refractivity contribution in [3.8, 4) is 0 Å². The van der Waals surface area contributed by atoms with E-state index in [1.54, 1.807) is 0 Å². The fourth-order valence-electron chi connectivity index (χ4n) is 1.65. The van der Waals surface area contributed by atoms with Gasteiger partial charge in [0, 0.05) is 18.7 Å². The number of hydrogen-bond acceptors (Lipinski definition) is 4. The molecular weight excluding hydrogens is 218 g/mol. The highest BCUT2D eigenvalue weighted by Crippen LogP contribution is 2.08. The van der Waals surface area contributed by atoms with Gasteiger partial charge in [-0.05, 0) is 47.2 Å².